The second-order valence-electron chi connectivity index (χ2n) is 19.0. The first-order chi connectivity index (χ1) is 43.5. The number of phenols is 6. The molecule has 0 fully saturated rings. The Morgan fingerprint density at radius 2 is 0.656 bits per heavy atom. The Hall–Kier alpha value is -9.65. The first-order valence-electron chi connectivity index (χ1n) is 26.8. The predicted molar refractivity (Wildman–Crippen MR) is 398 cm³/mol. The molecule has 494 valence electrons. The van der Waals surface area contributed by atoms with Crippen LogP contribution < -0.4 is 39.0 Å². The van der Waals surface area contributed by atoms with Gasteiger partial charge in [-0.2, -0.15) is 5.26 Å². The zero-order chi connectivity index (χ0) is 69.5. The van der Waals surface area contributed by atoms with Crippen LogP contribution in [-0.2, 0) is 14.4 Å². The maximum atomic E-state index is 11.1. The van der Waals surface area contributed by atoms with Crippen LogP contribution in [0.5, 0.6) is 46.0 Å². The monoisotopic (exact) mass is 1550 g/mol. The maximum absolute atomic E-state index is 11.1. The molecule has 0 aromatic heterocycles. The van der Waals surface area contributed by atoms with Gasteiger partial charge in [0.15, 0.2) is 0 Å². The molecule has 0 atom stereocenters. The molecule has 18 heteroatoms. The zero-order valence-electron chi connectivity index (χ0n) is 52.7. The van der Waals surface area contributed by atoms with E-state index in [1.165, 1.54) is 6.92 Å². The maximum Gasteiger partial charge on any atom is 1.00 e. The minimum Gasteiger partial charge on any atom is -0.870 e. The van der Waals surface area contributed by atoms with Crippen molar-refractivity contribution in [3.63, 3.8) is 0 Å². The Balaban J connectivity index is -0.000000341. The molecule has 0 heterocycles. The van der Waals surface area contributed by atoms with Crippen molar-refractivity contribution < 1.29 is 94.6 Å². The summed E-state index contributed by atoms with van der Waals surface area (Å²) in [5.74, 6) is 23.9. The molecule has 0 unspecified atom stereocenters. The van der Waals surface area contributed by atoms with Crippen molar-refractivity contribution in [2.24, 2.45) is 5.41 Å². The number of nitriles is 1. The SMILES string of the molecule is C.C.C#CC(C)(C)C.C#Cc1ccc(O)cc1.C=CC(=O)Cl.C=CC(=O)Oc1ccc(C#Cc2ccc(OC(=O)C=C)cc2)cc1.CC#N.CC(C)(O)C#Cc1ccc(O)cc1.Oc1ccc(C#Cc2ccc(O)cc2)cc1.Oc1ccc(I)cc1.Oc1ccc(I)cc1.[Na+].[OH-]. The number of halogens is 3. The molecule has 0 saturated carbocycles. The van der Waals surface area contributed by atoms with Crippen molar-refractivity contribution in [2.75, 3.05) is 0 Å². The molecular weight excluding hydrogens is 1470 g/mol. The third-order valence-corrected chi connectivity index (χ3v) is 11.2. The Bertz CT molecular complexity index is 3680. The van der Waals surface area contributed by atoms with E-state index >= 15 is 0 Å². The van der Waals surface area contributed by atoms with Crippen LogP contribution in [0.25, 0.3) is 0 Å². The van der Waals surface area contributed by atoms with Crippen molar-refractivity contribution in [1.29, 1.82) is 5.26 Å². The Labute approximate surface area is 620 Å². The predicted octanol–water partition coefficient (Wildman–Crippen LogP) is 13.9. The minimum atomic E-state index is -0.974. The van der Waals surface area contributed by atoms with Gasteiger partial charge in [0.25, 0.3) is 0 Å². The van der Waals surface area contributed by atoms with Gasteiger partial charge >= 0.3 is 41.5 Å². The fourth-order valence-corrected chi connectivity index (χ4v) is 5.84. The first-order valence-corrected chi connectivity index (χ1v) is 29.3. The topological polar surface area (TPSA) is 265 Å². The fourth-order valence-electron chi connectivity index (χ4n) is 5.12. The third kappa shape index (κ3) is 52.8. The molecule has 0 radical (unpaired) electrons. The summed E-state index contributed by atoms with van der Waals surface area (Å²) < 4.78 is 12.2. The smallest absolute Gasteiger partial charge is 0.870 e. The number of aromatic hydroxyl groups is 6. The number of nitrogens with zero attached hydrogens (tertiary/aromatic N) is 1. The summed E-state index contributed by atoms with van der Waals surface area (Å²) in [5.41, 5.74) is 3.88. The standard InChI is InChI=1S/C20H14O4.C14H10O2.C11H12O2.C8H6O.2C6H5IO.C6H10.C3H3ClO.C2H3N.2CH4.Na.H2O/c1-3-19(21)23-17-11-7-15(8-12-17)5-6-16-9-13-18(14-10-16)24-20(22)4-2;15-13-7-3-11(4-8-13)1-2-12-5-9-14(16)10-6-12;1-11(2,13)8-7-9-3-5-10(12)6-4-9;1-2-7-3-5-8(9)6-4-7;2*7-5-1-3-6(8)4-2-5;1-5-6(2,3)4;1-2-3(4)5;1-2-3;;;;/h3-4,7-14H,1-2H2;3-10,15-16H;3-6,12-13H,1-2H3;1,3-6,9H;2*1-4,8H;1H,2-4H3;2H,1H2;1H3;2*1H4;;1H2/q;;;;;;;;;;;+1;/p-1. The number of hydrogen-bond donors (Lipinski definition) is 7. The zero-order valence-corrected chi connectivity index (χ0v) is 59.8. The second kappa shape index (κ2) is 54.7. The van der Waals surface area contributed by atoms with Gasteiger partial charge in [-0.1, -0.05) is 76.0 Å². The minimum absolute atomic E-state index is 0. The van der Waals surface area contributed by atoms with Crippen molar-refractivity contribution >= 4 is 74.0 Å². The molecule has 14 nitrogen and oxygen atoms in total. The second-order valence-corrected chi connectivity index (χ2v) is 21.9. The number of ether oxygens (including phenoxy) is 2. The Morgan fingerprint density at radius 3 is 0.833 bits per heavy atom. The van der Waals surface area contributed by atoms with Crippen LogP contribution in [0.4, 0.5) is 0 Å². The van der Waals surface area contributed by atoms with Gasteiger partial charge in [0.2, 0.25) is 5.24 Å². The molecular formula is C78H77ClI2NNaO13. The Morgan fingerprint density at radius 1 is 0.458 bits per heavy atom. The molecule has 0 aliphatic carbocycles. The number of benzene rings is 8. The van der Waals surface area contributed by atoms with Gasteiger partial charge in [-0.15, -0.1) is 18.8 Å². The first kappa shape index (κ1) is 95.1. The average Bonchev–Trinajstić information content (AvgIpc) is 1.40. The van der Waals surface area contributed by atoms with Gasteiger partial charge in [-0.05, 0) is 292 Å². The van der Waals surface area contributed by atoms with Crippen LogP contribution in [0.3, 0.4) is 0 Å². The molecule has 8 aromatic rings. The third-order valence-electron chi connectivity index (χ3n) is 9.58. The molecule has 0 saturated heterocycles. The van der Waals surface area contributed by atoms with Gasteiger partial charge in [0, 0.05) is 65.0 Å². The van der Waals surface area contributed by atoms with Gasteiger partial charge in [0.05, 0.1) is 6.07 Å². The summed E-state index contributed by atoms with van der Waals surface area (Å²) in [4.78, 5) is 31.6. The number of esters is 2. The average molecular weight is 1550 g/mol. The Kier molecular flexibility index (Phi) is 54.2. The summed E-state index contributed by atoms with van der Waals surface area (Å²) in [6.07, 6.45) is 13.4. The number of carbonyl (C=O) groups excluding carboxylic acids is 3. The molecule has 8 N–H and O–H groups in total. The van der Waals surface area contributed by atoms with Crippen LogP contribution in [0.15, 0.2) is 232 Å². The fraction of sp³-hybridized carbons (Fsp3) is 0.128. The quantitative estimate of drug-likeness (QED) is 0.0161. The van der Waals surface area contributed by atoms with E-state index in [4.69, 9.17) is 69.8 Å². The van der Waals surface area contributed by atoms with Gasteiger partial charge < -0.3 is 50.7 Å². The summed E-state index contributed by atoms with van der Waals surface area (Å²) >= 11 is 9.08. The van der Waals surface area contributed by atoms with E-state index < -0.39 is 22.8 Å². The molecule has 0 aliphatic rings. The van der Waals surface area contributed by atoms with Gasteiger partial charge in [-0.3, -0.25) is 4.79 Å². The number of allylic oxidation sites excluding steroid dienone is 1. The largest absolute Gasteiger partial charge is 1.00 e. The van der Waals surface area contributed by atoms with E-state index in [9.17, 15) is 19.5 Å². The molecule has 8 aromatic carbocycles. The van der Waals surface area contributed by atoms with E-state index in [0.717, 1.165) is 58.7 Å². The summed E-state index contributed by atoms with van der Waals surface area (Å²) in [6.45, 7) is 20.5. The number of hydrogen-bond acceptors (Lipinski definition) is 14. The van der Waals surface area contributed by atoms with E-state index in [2.05, 4.69) is 112 Å². The van der Waals surface area contributed by atoms with Crippen LogP contribution in [0.2, 0.25) is 0 Å². The van der Waals surface area contributed by atoms with E-state index in [1.807, 2.05) is 45.0 Å². The molecule has 0 amide bonds. The van der Waals surface area contributed by atoms with Crippen LogP contribution >= 0.6 is 56.8 Å². The van der Waals surface area contributed by atoms with Gasteiger partial charge in [0.1, 0.15) is 51.6 Å². The van der Waals surface area contributed by atoms with Crippen molar-refractivity contribution in [2.45, 2.75) is 62.0 Å². The summed E-state index contributed by atoms with van der Waals surface area (Å²) in [5, 5.41) is 69.6. The van der Waals surface area contributed by atoms with E-state index in [1.54, 1.807) is 190 Å². The van der Waals surface area contributed by atoms with Crippen molar-refractivity contribution in [1.82, 2.24) is 0 Å². The number of rotatable bonds is 5. The van der Waals surface area contributed by atoms with Crippen LogP contribution in [-0.4, -0.2) is 64.0 Å². The number of aliphatic hydroxyl groups is 1. The van der Waals surface area contributed by atoms with E-state index in [0.29, 0.717) is 23.0 Å². The van der Waals surface area contributed by atoms with Crippen LogP contribution in [0.1, 0.15) is 89.8 Å². The van der Waals surface area contributed by atoms with Gasteiger partial charge in [-0.25, -0.2) is 9.59 Å². The molecule has 0 bridgehead atoms. The molecule has 8 rings (SSSR count). The number of terminal acetylenes is 2. The molecule has 0 spiro atoms. The van der Waals surface area contributed by atoms with E-state index in [-0.39, 0.29) is 78.3 Å². The normalized spacial score (nSPS) is 8.61. The summed E-state index contributed by atoms with van der Waals surface area (Å²) in [6, 6.07) is 55.9. The number of phenolic OH excluding ortho intramolecular Hbond substituents is 6. The van der Waals surface area contributed by atoms with Crippen molar-refractivity contribution in [3.8, 4) is 112 Å². The number of carbonyl (C=O) groups is 3. The summed E-state index contributed by atoms with van der Waals surface area (Å²) in [7, 11) is 0. The molecule has 0 aliphatic heterocycles. The molecule has 96 heavy (non-hydrogen) atoms. The van der Waals surface area contributed by atoms with Crippen molar-refractivity contribution in [3.05, 3.63) is 273 Å². The van der Waals surface area contributed by atoms with Crippen LogP contribution in [0, 0.1) is 84.1 Å².